The van der Waals surface area contributed by atoms with Crippen molar-refractivity contribution in [2.45, 2.75) is 24.8 Å². The zero-order valence-electron chi connectivity index (χ0n) is 11.5. The molecule has 1 saturated heterocycles. The van der Waals surface area contributed by atoms with E-state index in [0.29, 0.717) is 24.1 Å². The lowest BCUT2D eigenvalue weighted by molar-refractivity contribution is 0.135. The number of likely N-dealkylation sites (N-methyl/N-ethyl adjacent to an activating group) is 1. The summed E-state index contributed by atoms with van der Waals surface area (Å²) < 4.78 is 40.8. The maximum atomic E-state index is 13.9. The Kier molecular flexibility index (Phi) is 4.84. The van der Waals surface area contributed by atoms with Crippen LogP contribution in [0.25, 0.3) is 0 Å². The van der Waals surface area contributed by atoms with Gasteiger partial charge in [-0.3, -0.25) is 4.90 Å². The number of nitrogens with zero attached hydrogens (tertiary/aromatic N) is 2. The van der Waals surface area contributed by atoms with Gasteiger partial charge >= 0.3 is 0 Å². The summed E-state index contributed by atoms with van der Waals surface area (Å²) in [7, 11) is -3.76. The van der Waals surface area contributed by atoms with Crippen LogP contribution in [0.4, 0.5) is 4.39 Å². The summed E-state index contributed by atoms with van der Waals surface area (Å²) in [6.07, 6.45) is 0. The first kappa shape index (κ1) is 15.9. The van der Waals surface area contributed by atoms with Gasteiger partial charge in [-0.1, -0.05) is 22.9 Å². The van der Waals surface area contributed by atoms with Crippen LogP contribution in [0.2, 0.25) is 0 Å². The number of sulfonamides is 1. The molecular formula is C13H18BrFN2O2S. The van der Waals surface area contributed by atoms with Gasteiger partial charge in [-0.05, 0) is 31.7 Å². The quantitative estimate of drug-likeness (QED) is 0.826. The van der Waals surface area contributed by atoms with E-state index < -0.39 is 15.8 Å². The van der Waals surface area contributed by atoms with E-state index in [4.69, 9.17) is 0 Å². The molecule has 0 aromatic heterocycles. The van der Waals surface area contributed by atoms with Gasteiger partial charge in [0.25, 0.3) is 0 Å². The van der Waals surface area contributed by atoms with Crippen LogP contribution < -0.4 is 0 Å². The van der Waals surface area contributed by atoms with E-state index in [-0.39, 0.29) is 10.9 Å². The van der Waals surface area contributed by atoms with Crippen molar-refractivity contribution in [2.24, 2.45) is 0 Å². The third-order valence-electron chi connectivity index (χ3n) is 3.65. The predicted octanol–water partition coefficient (Wildman–Crippen LogP) is 2.30. The van der Waals surface area contributed by atoms with E-state index in [1.807, 2.05) is 6.92 Å². The highest BCUT2D eigenvalue weighted by Crippen LogP contribution is 2.24. The number of rotatable bonds is 3. The van der Waals surface area contributed by atoms with Crippen LogP contribution in [-0.2, 0) is 10.0 Å². The Hall–Kier alpha value is -0.500. The predicted molar refractivity (Wildman–Crippen MR) is 79.6 cm³/mol. The van der Waals surface area contributed by atoms with Gasteiger partial charge in [-0.15, -0.1) is 0 Å². The molecule has 1 atom stereocenters. The molecule has 20 heavy (non-hydrogen) atoms. The van der Waals surface area contributed by atoms with Crippen LogP contribution in [0, 0.1) is 5.82 Å². The van der Waals surface area contributed by atoms with Crippen LogP contribution in [-0.4, -0.2) is 49.8 Å². The Morgan fingerprint density at radius 3 is 2.65 bits per heavy atom. The van der Waals surface area contributed by atoms with E-state index in [9.17, 15) is 12.8 Å². The van der Waals surface area contributed by atoms with Gasteiger partial charge in [0.05, 0.1) is 0 Å². The second kappa shape index (κ2) is 6.09. The topological polar surface area (TPSA) is 40.6 Å². The number of hydrogen-bond acceptors (Lipinski definition) is 3. The van der Waals surface area contributed by atoms with Crippen molar-refractivity contribution < 1.29 is 12.8 Å². The molecule has 1 unspecified atom stereocenters. The van der Waals surface area contributed by atoms with Gasteiger partial charge < -0.3 is 0 Å². The molecule has 7 heteroatoms. The van der Waals surface area contributed by atoms with Gasteiger partial charge in [0, 0.05) is 30.1 Å². The van der Waals surface area contributed by atoms with E-state index in [1.165, 1.54) is 16.4 Å². The molecule has 1 heterocycles. The van der Waals surface area contributed by atoms with Crippen molar-refractivity contribution in [3.05, 3.63) is 28.5 Å². The van der Waals surface area contributed by atoms with E-state index in [2.05, 4.69) is 27.8 Å². The monoisotopic (exact) mass is 364 g/mol. The molecule has 112 valence electrons. The van der Waals surface area contributed by atoms with Crippen molar-refractivity contribution in [1.82, 2.24) is 9.21 Å². The van der Waals surface area contributed by atoms with Gasteiger partial charge in [0.15, 0.2) is 0 Å². The standard InChI is InChI=1S/C13H18BrFN2O2S/c1-3-16-6-7-17(9-10(16)2)20(18,19)13-5-4-11(14)8-12(13)15/h4-5,8,10H,3,6-7,9H2,1-2H3. The van der Waals surface area contributed by atoms with Crippen LogP contribution >= 0.6 is 15.9 Å². The second-order valence-corrected chi connectivity index (χ2v) is 7.74. The minimum absolute atomic E-state index is 0.141. The number of benzene rings is 1. The van der Waals surface area contributed by atoms with Crippen LogP contribution in [0.1, 0.15) is 13.8 Å². The smallest absolute Gasteiger partial charge is 0.246 e. The second-order valence-electron chi connectivity index (χ2n) is 4.92. The van der Waals surface area contributed by atoms with Gasteiger partial charge in [0.2, 0.25) is 10.0 Å². The Bertz CT molecular complexity index is 594. The minimum Gasteiger partial charge on any atom is -0.298 e. The summed E-state index contributed by atoms with van der Waals surface area (Å²) in [5, 5.41) is 0. The maximum Gasteiger partial charge on any atom is 0.246 e. The summed E-state index contributed by atoms with van der Waals surface area (Å²) in [6, 6.07) is 4.17. The molecular weight excluding hydrogens is 347 g/mol. The van der Waals surface area contributed by atoms with Crippen molar-refractivity contribution in [1.29, 1.82) is 0 Å². The first-order valence-corrected chi connectivity index (χ1v) is 8.78. The molecule has 0 N–H and O–H groups in total. The lowest BCUT2D eigenvalue weighted by Crippen LogP contribution is -2.53. The van der Waals surface area contributed by atoms with E-state index in [1.54, 1.807) is 6.07 Å². The highest BCUT2D eigenvalue weighted by molar-refractivity contribution is 9.10. The molecule has 1 fully saturated rings. The van der Waals surface area contributed by atoms with Gasteiger partial charge in [-0.2, -0.15) is 4.31 Å². The Morgan fingerprint density at radius 2 is 2.10 bits per heavy atom. The summed E-state index contributed by atoms with van der Waals surface area (Å²) in [5.74, 6) is -0.718. The molecule has 1 aromatic rings. The Balaban J connectivity index is 2.27. The highest BCUT2D eigenvalue weighted by atomic mass is 79.9. The largest absolute Gasteiger partial charge is 0.298 e. The fraction of sp³-hybridized carbons (Fsp3) is 0.538. The van der Waals surface area contributed by atoms with Crippen LogP contribution in [0.5, 0.6) is 0 Å². The Labute approximate surface area is 127 Å². The molecule has 4 nitrogen and oxygen atoms in total. The zero-order valence-corrected chi connectivity index (χ0v) is 13.9. The average Bonchev–Trinajstić information content (AvgIpc) is 2.38. The summed E-state index contributed by atoms with van der Waals surface area (Å²) in [5.41, 5.74) is 0. The third-order valence-corrected chi connectivity index (χ3v) is 6.04. The molecule has 0 bridgehead atoms. The lowest BCUT2D eigenvalue weighted by atomic mass is 10.2. The molecule has 2 rings (SSSR count). The SMILES string of the molecule is CCN1CCN(S(=O)(=O)c2ccc(Br)cc2F)CC1C. The fourth-order valence-electron chi connectivity index (χ4n) is 2.47. The lowest BCUT2D eigenvalue weighted by Gasteiger charge is -2.38. The summed E-state index contributed by atoms with van der Waals surface area (Å²) >= 11 is 3.13. The zero-order chi connectivity index (χ0) is 14.9. The summed E-state index contributed by atoms with van der Waals surface area (Å²) in [6.45, 7) is 6.40. The number of halogens is 2. The molecule has 0 amide bonds. The van der Waals surface area contributed by atoms with Crippen molar-refractivity contribution in [3.63, 3.8) is 0 Å². The molecule has 0 aliphatic carbocycles. The van der Waals surface area contributed by atoms with Crippen LogP contribution in [0.15, 0.2) is 27.6 Å². The Morgan fingerprint density at radius 1 is 1.40 bits per heavy atom. The number of hydrogen-bond donors (Lipinski definition) is 0. The molecule has 1 aliphatic heterocycles. The molecule has 0 saturated carbocycles. The van der Waals surface area contributed by atoms with Crippen LogP contribution in [0.3, 0.4) is 0 Å². The first-order chi connectivity index (χ1) is 9.36. The number of piperazine rings is 1. The summed E-state index contributed by atoms with van der Waals surface area (Å²) in [4.78, 5) is 1.96. The first-order valence-electron chi connectivity index (χ1n) is 6.55. The normalized spacial score (nSPS) is 22.1. The molecule has 0 radical (unpaired) electrons. The average molecular weight is 365 g/mol. The molecule has 1 aliphatic rings. The van der Waals surface area contributed by atoms with Gasteiger partial charge in [0.1, 0.15) is 10.7 Å². The van der Waals surface area contributed by atoms with Gasteiger partial charge in [-0.25, -0.2) is 12.8 Å². The molecule has 0 spiro atoms. The minimum atomic E-state index is -3.76. The van der Waals surface area contributed by atoms with Crippen molar-refractivity contribution in [3.8, 4) is 0 Å². The third kappa shape index (κ3) is 3.05. The maximum absolute atomic E-state index is 13.9. The van der Waals surface area contributed by atoms with E-state index in [0.717, 1.165) is 6.54 Å². The van der Waals surface area contributed by atoms with E-state index >= 15 is 0 Å². The molecule has 1 aromatic carbocycles. The fourth-order valence-corrected chi connectivity index (χ4v) is 4.36. The highest BCUT2D eigenvalue weighted by Gasteiger charge is 2.33. The van der Waals surface area contributed by atoms with Crippen molar-refractivity contribution >= 4 is 26.0 Å². The van der Waals surface area contributed by atoms with Crippen molar-refractivity contribution in [2.75, 3.05) is 26.2 Å².